The maximum Gasteiger partial charge on any atom is 0.282 e. The highest BCUT2D eigenvalue weighted by molar-refractivity contribution is 7.90. The first kappa shape index (κ1) is 13.3. The van der Waals surface area contributed by atoms with Crippen LogP contribution in [-0.2, 0) is 10.0 Å². The molecule has 0 saturated heterocycles. The number of hydrogen-bond donors (Lipinski definition) is 1. The Balaban J connectivity index is 2.32. The van der Waals surface area contributed by atoms with Gasteiger partial charge in [0.1, 0.15) is 5.75 Å². The van der Waals surface area contributed by atoms with Gasteiger partial charge in [0.05, 0.1) is 11.1 Å². The van der Waals surface area contributed by atoms with Gasteiger partial charge in [0.15, 0.2) is 0 Å². The number of aromatic hydroxyl groups is 1. The molecule has 0 amide bonds. The van der Waals surface area contributed by atoms with E-state index in [2.05, 4.69) is 4.40 Å². The van der Waals surface area contributed by atoms with Crippen LogP contribution < -0.4 is 0 Å². The van der Waals surface area contributed by atoms with Crippen molar-refractivity contribution in [1.29, 1.82) is 0 Å². The predicted molar refractivity (Wildman–Crippen MR) is 74.1 cm³/mol. The normalized spacial score (nSPS) is 11.8. The fraction of sp³-hybridized carbons (Fsp3) is 0.0714. The molecule has 0 bridgehead atoms. The van der Waals surface area contributed by atoms with Gasteiger partial charge >= 0.3 is 0 Å². The largest absolute Gasteiger partial charge is 0.507 e. The van der Waals surface area contributed by atoms with Crippen molar-refractivity contribution in [2.24, 2.45) is 4.40 Å². The topological polar surface area (TPSA) is 66.7 Å². The number of para-hydroxylation sites is 1. The lowest BCUT2D eigenvalue weighted by Crippen LogP contribution is -1.97. The molecule has 1 N–H and O–H groups in total. The first-order valence-corrected chi connectivity index (χ1v) is 7.08. The Kier molecular flexibility index (Phi) is 3.66. The van der Waals surface area contributed by atoms with E-state index in [0.717, 1.165) is 11.8 Å². The SMILES string of the molecule is Cc1ccc(S(=O)(=O)N=Cc2ccccc2O)cc1. The summed E-state index contributed by atoms with van der Waals surface area (Å²) in [5.74, 6) is -0.00893. The Morgan fingerprint density at radius 3 is 2.32 bits per heavy atom. The summed E-state index contributed by atoms with van der Waals surface area (Å²) in [5.41, 5.74) is 1.34. The van der Waals surface area contributed by atoms with E-state index in [1.807, 2.05) is 6.92 Å². The van der Waals surface area contributed by atoms with Crippen LogP contribution in [0.4, 0.5) is 0 Å². The van der Waals surface area contributed by atoms with Crippen LogP contribution >= 0.6 is 0 Å². The van der Waals surface area contributed by atoms with E-state index in [9.17, 15) is 13.5 Å². The number of nitrogens with zero attached hydrogens (tertiary/aromatic N) is 1. The van der Waals surface area contributed by atoms with E-state index >= 15 is 0 Å². The van der Waals surface area contributed by atoms with E-state index in [-0.39, 0.29) is 10.6 Å². The van der Waals surface area contributed by atoms with Crippen LogP contribution in [0.2, 0.25) is 0 Å². The molecule has 0 unspecified atom stereocenters. The molecule has 4 nitrogen and oxygen atoms in total. The van der Waals surface area contributed by atoms with Crippen LogP contribution in [0.25, 0.3) is 0 Å². The third-order valence-electron chi connectivity index (χ3n) is 2.59. The van der Waals surface area contributed by atoms with Gasteiger partial charge in [-0.25, -0.2) is 0 Å². The van der Waals surface area contributed by atoms with Gasteiger partial charge in [0, 0.05) is 5.56 Å². The molecule has 0 aliphatic carbocycles. The number of aryl methyl sites for hydroxylation is 1. The zero-order valence-electron chi connectivity index (χ0n) is 10.3. The molecule has 0 radical (unpaired) electrons. The second-order valence-corrected chi connectivity index (χ2v) is 5.71. The number of phenols is 1. The van der Waals surface area contributed by atoms with E-state index in [1.54, 1.807) is 30.3 Å². The third kappa shape index (κ3) is 3.20. The fourth-order valence-corrected chi connectivity index (χ4v) is 2.35. The van der Waals surface area contributed by atoms with Gasteiger partial charge in [0.25, 0.3) is 10.0 Å². The summed E-state index contributed by atoms with van der Waals surface area (Å²) in [6.07, 6.45) is 1.14. The Bertz CT molecular complexity index is 704. The minimum absolute atomic E-state index is 0.00893. The third-order valence-corrected chi connectivity index (χ3v) is 3.84. The molecule has 0 atom stereocenters. The van der Waals surface area contributed by atoms with Gasteiger partial charge in [-0.1, -0.05) is 29.8 Å². The quantitative estimate of drug-likeness (QED) is 0.875. The number of rotatable bonds is 3. The number of sulfonamides is 1. The van der Waals surface area contributed by atoms with Gasteiger partial charge in [-0.05, 0) is 31.2 Å². The summed E-state index contributed by atoms with van der Waals surface area (Å²) in [6.45, 7) is 1.88. The number of phenolic OH excluding ortho intramolecular Hbond substituents is 1. The van der Waals surface area contributed by atoms with Crippen molar-refractivity contribution >= 4 is 16.2 Å². The highest BCUT2D eigenvalue weighted by Crippen LogP contribution is 2.16. The molecule has 98 valence electrons. The predicted octanol–water partition coefficient (Wildman–Crippen LogP) is 2.51. The van der Waals surface area contributed by atoms with E-state index in [0.29, 0.717) is 5.56 Å². The zero-order chi connectivity index (χ0) is 13.9. The average Bonchev–Trinajstić information content (AvgIpc) is 2.38. The molecular formula is C14H13NO3S. The molecule has 0 aromatic heterocycles. The maximum absolute atomic E-state index is 11.9. The van der Waals surface area contributed by atoms with Crippen LogP contribution in [-0.4, -0.2) is 19.7 Å². The van der Waals surface area contributed by atoms with E-state index < -0.39 is 10.0 Å². The summed E-state index contributed by atoms with van der Waals surface area (Å²) in [4.78, 5) is 0.129. The molecular weight excluding hydrogens is 262 g/mol. The second-order valence-electron chi connectivity index (χ2n) is 4.08. The Hall–Kier alpha value is -2.14. The Labute approximate surface area is 112 Å². The second kappa shape index (κ2) is 5.24. The van der Waals surface area contributed by atoms with Crippen LogP contribution in [0, 0.1) is 6.92 Å². The smallest absolute Gasteiger partial charge is 0.282 e. The van der Waals surface area contributed by atoms with Crippen molar-refractivity contribution in [3.8, 4) is 5.75 Å². The van der Waals surface area contributed by atoms with Crippen LogP contribution in [0.5, 0.6) is 5.75 Å². The Morgan fingerprint density at radius 1 is 1.05 bits per heavy atom. The minimum Gasteiger partial charge on any atom is -0.507 e. The van der Waals surface area contributed by atoms with Crippen LogP contribution in [0.15, 0.2) is 57.8 Å². The standard InChI is InChI=1S/C14H13NO3S/c1-11-6-8-13(9-7-11)19(17,18)15-10-12-4-2-3-5-14(12)16/h2-10,16H,1H3. The van der Waals surface area contributed by atoms with Crippen molar-refractivity contribution in [2.45, 2.75) is 11.8 Å². The molecule has 2 aromatic rings. The van der Waals surface area contributed by atoms with Crippen molar-refractivity contribution in [3.05, 3.63) is 59.7 Å². The van der Waals surface area contributed by atoms with Crippen molar-refractivity contribution in [1.82, 2.24) is 0 Å². The fourth-order valence-electron chi connectivity index (χ4n) is 1.49. The van der Waals surface area contributed by atoms with Crippen molar-refractivity contribution in [2.75, 3.05) is 0 Å². The lowest BCUT2D eigenvalue weighted by molar-refractivity contribution is 0.474. The van der Waals surface area contributed by atoms with Crippen molar-refractivity contribution in [3.63, 3.8) is 0 Å². The molecule has 2 aromatic carbocycles. The first-order valence-electron chi connectivity index (χ1n) is 5.64. The summed E-state index contributed by atoms with van der Waals surface area (Å²) in [6, 6.07) is 12.8. The van der Waals surface area contributed by atoms with Gasteiger partial charge in [0.2, 0.25) is 0 Å². The highest BCUT2D eigenvalue weighted by Gasteiger charge is 2.11. The molecule has 19 heavy (non-hydrogen) atoms. The van der Waals surface area contributed by atoms with Gasteiger partial charge in [-0.3, -0.25) is 0 Å². The highest BCUT2D eigenvalue weighted by atomic mass is 32.2. The van der Waals surface area contributed by atoms with E-state index in [4.69, 9.17) is 0 Å². The minimum atomic E-state index is -3.73. The van der Waals surface area contributed by atoms with Crippen molar-refractivity contribution < 1.29 is 13.5 Å². The molecule has 0 spiro atoms. The monoisotopic (exact) mass is 275 g/mol. The molecule has 0 aliphatic heterocycles. The lowest BCUT2D eigenvalue weighted by atomic mass is 10.2. The Morgan fingerprint density at radius 2 is 1.68 bits per heavy atom. The maximum atomic E-state index is 11.9. The summed E-state index contributed by atoms with van der Waals surface area (Å²) >= 11 is 0. The zero-order valence-corrected chi connectivity index (χ0v) is 11.1. The van der Waals surface area contributed by atoms with Gasteiger partial charge < -0.3 is 5.11 Å². The average molecular weight is 275 g/mol. The molecule has 0 heterocycles. The van der Waals surface area contributed by atoms with Crippen LogP contribution in [0.1, 0.15) is 11.1 Å². The molecule has 0 saturated carbocycles. The molecule has 0 fully saturated rings. The first-order chi connectivity index (χ1) is 8.99. The number of benzene rings is 2. The summed E-state index contributed by atoms with van der Waals surface area (Å²) in [7, 11) is -3.73. The molecule has 5 heteroatoms. The molecule has 2 rings (SSSR count). The van der Waals surface area contributed by atoms with Crippen LogP contribution in [0.3, 0.4) is 0 Å². The summed E-state index contributed by atoms with van der Waals surface area (Å²) < 4.78 is 27.5. The molecule has 0 aliphatic rings. The number of hydrogen-bond acceptors (Lipinski definition) is 3. The van der Waals surface area contributed by atoms with E-state index in [1.165, 1.54) is 18.2 Å². The van der Waals surface area contributed by atoms with Gasteiger partial charge in [-0.2, -0.15) is 12.8 Å². The lowest BCUT2D eigenvalue weighted by Gasteiger charge is -2.00. The summed E-state index contributed by atoms with van der Waals surface area (Å²) in [5, 5.41) is 9.53. The van der Waals surface area contributed by atoms with Gasteiger partial charge in [-0.15, -0.1) is 0 Å².